The number of alkyl carbamates (subject to hydrolysis) is 2. The van der Waals surface area contributed by atoms with Gasteiger partial charge in [0.15, 0.2) is 0 Å². The van der Waals surface area contributed by atoms with E-state index in [1.165, 1.54) is 0 Å². The van der Waals surface area contributed by atoms with Gasteiger partial charge >= 0.3 is 24.1 Å². The molecule has 0 aromatic heterocycles. The third-order valence-electron chi connectivity index (χ3n) is 3.73. The van der Waals surface area contributed by atoms with E-state index in [1.807, 2.05) is 13.8 Å². The number of carbonyl (C=O) groups is 4. The summed E-state index contributed by atoms with van der Waals surface area (Å²) in [5.41, 5.74) is 2.96. The van der Waals surface area contributed by atoms with Crippen molar-refractivity contribution in [3.05, 3.63) is 0 Å². The van der Waals surface area contributed by atoms with Crippen LogP contribution in [0.5, 0.6) is 0 Å². The summed E-state index contributed by atoms with van der Waals surface area (Å²) in [5.74, 6) is -1.06. The number of hydrogen-bond acceptors (Lipinski definition) is 10. The topological polar surface area (TPSA) is 167 Å². The molecule has 0 aromatic carbocycles. The Hall–Kier alpha value is -2.31. The van der Waals surface area contributed by atoms with Gasteiger partial charge in [0.2, 0.25) is 0 Å². The molecule has 5 N–H and O–H groups in total. The highest BCUT2D eigenvalue weighted by Gasteiger charge is 2.29. The first-order valence-electron chi connectivity index (χ1n) is 13.1. The molecular formula is C27H55ClN4O8. The van der Waals surface area contributed by atoms with Crippen molar-refractivity contribution in [2.75, 3.05) is 13.1 Å². The first kappa shape index (κ1) is 42.2. The number of esters is 2. The molecule has 2 unspecified atom stereocenters. The zero-order chi connectivity index (χ0) is 31.4. The normalized spacial score (nSPS) is 13.4. The summed E-state index contributed by atoms with van der Waals surface area (Å²) in [4.78, 5) is 47.2. The number of halogens is 1. The number of nitrogens with two attached hydrogens (primary N) is 1. The Morgan fingerprint density at radius 3 is 1.18 bits per heavy atom. The fourth-order valence-electron chi connectivity index (χ4n) is 2.41. The fraction of sp³-hybridized carbons (Fsp3) is 0.852. The van der Waals surface area contributed by atoms with Crippen LogP contribution in [0, 0.1) is 0 Å². The first-order chi connectivity index (χ1) is 17.2. The van der Waals surface area contributed by atoms with Crippen molar-refractivity contribution in [3.63, 3.8) is 0 Å². The summed E-state index contributed by atoms with van der Waals surface area (Å²) in [5, 5.41) is 8.05. The molecule has 0 saturated carbocycles. The van der Waals surface area contributed by atoms with E-state index in [0.29, 0.717) is 0 Å². The van der Waals surface area contributed by atoms with Crippen LogP contribution in [0.15, 0.2) is 0 Å². The van der Waals surface area contributed by atoms with Crippen molar-refractivity contribution in [1.29, 1.82) is 0 Å². The summed E-state index contributed by atoms with van der Waals surface area (Å²) in [6.45, 7) is 25.2. The smallest absolute Gasteiger partial charge is 0.408 e. The highest BCUT2D eigenvalue weighted by Crippen LogP contribution is 2.11. The largest absolute Gasteiger partial charge is 0.458 e. The molecule has 0 fully saturated rings. The van der Waals surface area contributed by atoms with Gasteiger partial charge < -0.3 is 40.6 Å². The molecule has 0 aliphatic rings. The van der Waals surface area contributed by atoms with E-state index in [1.54, 1.807) is 83.1 Å². The maximum Gasteiger partial charge on any atom is 0.408 e. The molecule has 238 valence electrons. The van der Waals surface area contributed by atoms with Gasteiger partial charge in [-0.15, -0.1) is 12.4 Å². The standard InChI is InChI=1S/C15H30N2O4.C12H24N2O4.ClH/c1-10(2)16-9-11(12(18)20-14(3,4)5)17-13(19)21-15(6,7)8;1-11(2,3)17-9(15)8(7-13)14-10(16)18-12(4,5)6;/h10-11,16H,9H2,1-8H3,(H,17,19);8H,7,13H2,1-6H3,(H,14,16);1H. The van der Waals surface area contributed by atoms with Crippen LogP contribution in [0.3, 0.4) is 0 Å². The van der Waals surface area contributed by atoms with E-state index in [0.717, 1.165) is 0 Å². The van der Waals surface area contributed by atoms with Gasteiger partial charge in [0.1, 0.15) is 34.5 Å². The summed E-state index contributed by atoms with van der Waals surface area (Å²) >= 11 is 0. The monoisotopic (exact) mass is 598 g/mol. The van der Waals surface area contributed by atoms with Gasteiger partial charge in [-0.25, -0.2) is 19.2 Å². The molecule has 2 amide bonds. The van der Waals surface area contributed by atoms with Crippen LogP contribution in [0.25, 0.3) is 0 Å². The predicted octanol–water partition coefficient (Wildman–Crippen LogP) is 3.82. The van der Waals surface area contributed by atoms with E-state index in [9.17, 15) is 19.2 Å². The van der Waals surface area contributed by atoms with Crippen LogP contribution in [-0.2, 0) is 28.5 Å². The van der Waals surface area contributed by atoms with Gasteiger partial charge in [0.25, 0.3) is 0 Å². The molecule has 0 aliphatic heterocycles. The van der Waals surface area contributed by atoms with Crippen molar-refractivity contribution in [3.8, 4) is 0 Å². The van der Waals surface area contributed by atoms with E-state index < -0.39 is 58.6 Å². The third kappa shape index (κ3) is 25.9. The SMILES string of the molecule is CC(C)(C)OC(=O)NC(CN)C(=O)OC(C)(C)C.CC(C)NCC(NC(=O)OC(C)(C)C)C(=O)OC(C)(C)C.Cl. The Labute approximate surface area is 246 Å². The van der Waals surface area contributed by atoms with Crippen LogP contribution >= 0.6 is 12.4 Å². The van der Waals surface area contributed by atoms with Crippen LogP contribution in [0.1, 0.15) is 96.9 Å². The number of nitrogens with one attached hydrogen (secondary N) is 3. The van der Waals surface area contributed by atoms with Gasteiger partial charge in [-0.2, -0.15) is 0 Å². The summed E-state index contributed by atoms with van der Waals surface area (Å²) < 4.78 is 20.7. The molecule has 0 saturated heterocycles. The second kappa shape index (κ2) is 17.5. The Morgan fingerprint density at radius 2 is 0.900 bits per heavy atom. The van der Waals surface area contributed by atoms with Crippen molar-refractivity contribution in [1.82, 2.24) is 16.0 Å². The minimum Gasteiger partial charge on any atom is -0.458 e. The van der Waals surface area contributed by atoms with Gasteiger partial charge in [0.05, 0.1) is 0 Å². The molecule has 0 aromatic rings. The average Bonchev–Trinajstić information content (AvgIpc) is 2.64. The Morgan fingerprint density at radius 1 is 0.600 bits per heavy atom. The quantitative estimate of drug-likeness (QED) is 0.238. The van der Waals surface area contributed by atoms with Crippen molar-refractivity contribution in [2.45, 2.75) is 137 Å². The van der Waals surface area contributed by atoms with Crippen molar-refractivity contribution < 1.29 is 38.1 Å². The minimum absolute atomic E-state index is 0. The molecule has 0 bridgehead atoms. The lowest BCUT2D eigenvalue weighted by atomic mass is 10.2. The second-order valence-corrected chi connectivity index (χ2v) is 13.3. The van der Waals surface area contributed by atoms with E-state index in [2.05, 4.69) is 16.0 Å². The Kier molecular flexibility index (Phi) is 18.4. The molecule has 2 atom stereocenters. The number of carbonyl (C=O) groups excluding carboxylic acids is 4. The number of ether oxygens (including phenoxy) is 4. The highest BCUT2D eigenvalue weighted by atomic mass is 35.5. The van der Waals surface area contributed by atoms with Crippen LogP contribution in [0.2, 0.25) is 0 Å². The highest BCUT2D eigenvalue weighted by molar-refractivity contribution is 5.85. The molecule has 0 radical (unpaired) electrons. The minimum atomic E-state index is -0.904. The lowest BCUT2D eigenvalue weighted by Gasteiger charge is -2.26. The van der Waals surface area contributed by atoms with Crippen LogP contribution in [0.4, 0.5) is 9.59 Å². The molecule has 0 rings (SSSR count). The maximum atomic E-state index is 12.1. The maximum absolute atomic E-state index is 12.1. The predicted molar refractivity (Wildman–Crippen MR) is 157 cm³/mol. The van der Waals surface area contributed by atoms with E-state index in [4.69, 9.17) is 24.7 Å². The Bertz CT molecular complexity index is 794. The number of rotatable bonds is 8. The first-order valence-corrected chi connectivity index (χ1v) is 13.1. The van der Waals surface area contributed by atoms with Crippen LogP contribution in [-0.4, -0.2) is 77.7 Å². The average molecular weight is 599 g/mol. The van der Waals surface area contributed by atoms with Gasteiger partial charge in [-0.1, -0.05) is 13.8 Å². The molecule has 0 heterocycles. The summed E-state index contributed by atoms with van der Waals surface area (Å²) in [7, 11) is 0. The van der Waals surface area contributed by atoms with Gasteiger partial charge in [-0.3, -0.25) is 0 Å². The molecule has 12 nitrogen and oxygen atoms in total. The summed E-state index contributed by atoms with van der Waals surface area (Å²) in [6, 6.07) is -1.50. The zero-order valence-corrected chi connectivity index (χ0v) is 27.7. The van der Waals surface area contributed by atoms with Crippen LogP contribution < -0.4 is 21.7 Å². The Balaban J connectivity index is -0.000000675. The van der Waals surface area contributed by atoms with E-state index >= 15 is 0 Å². The molecular weight excluding hydrogens is 544 g/mol. The molecule has 0 spiro atoms. The number of hydrogen-bond donors (Lipinski definition) is 4. The zero-order valence-electron chi connectivity index (χ0n) is 26.9. The van der Waals surface area contributed by atoms with Gasteiger partial charge in [0, 0.05) is 19.1 Å². The summed E-state index contributed by atoms with van der Waals surface area (Å²) in [6.07, 6.45) is -1.33. The molecule has 0 aliphatic carbocycles. The van der Waals surface area contributed by atoms with Crippen molar-refractivity contribution in [2.24, 2.45) is 5.73 Å². The fourth-order valence-corrected chi connectivity index (χ4v) is 2.41. The number of amides is 2. The second-order valence-electron chi connectivity index (χ2n) is 13.3. The molecule has 40 heavy (non-hydrogen) atoms. The van der Waals surface area contributed by atoms with Crippen molar-refractivity contribution >= 4 is 36.5 Å². The lowest BCUT2D eigenvalue weighted by molar-refractivity contribution is -0.158. The van der Waals surface area contributed by atoms with E-state index in [-0.39, 0.29) is 31.5 Å². The third-order valence-corrected chi connectivity index (χ3v) is 3.73. The lowest BCUT2D eigenvalue weighted by Crippen LogP contribution is -2.51. The molecule has 13 heteroatoms. The van der Waals surface area contributed by atoms with Gasteiger partial charge in [-0.05, 0) is 83.1 Å².